The van der Waals surface area contributed by atoms with Gasteiger partial charge in [0.1, 0.15) is 0 Å². The number of aryl methyl sites for hydroxylation is 2. The van der Waals surface area contributed by atoms with Gasteiger partial charge in [-0.05, 0) is 71.4 Å². The number of fused-ring (bicyclic) bond motifs is 1. The third-order valence-electron chi connectivity index (χ3n) is 10.1. The van der Waals surface area contributed by atoms with Crippen LogP contribution in [0.25, 0.3) is 39.4 Å². The first-order valence-corrected chi connectivity index (χ1v) is 14.4. The Labute approximate surface area is 231 Å². The maximum atomic E-state index is 2.66. The van der Waals surface area contributed by atoms with Crippen molar-refractivity contribution in [3.8, 4) is 16.8 Å². The summed E-state index contributed by atoms with van der Waals surface area (Å²) in [5, 5.41) is 4.29. The molecule has 5 aromatic rings. The van der Waals surface area contributed by atoms with Crippen molar-refractivity contribution in [2.24, 2.45) is 0 Å². The van der Waals surface area contributed by atoms with E-state index in [0.29, 0.717) is 5.92 Å². The second kappa shape index (κ2) is 7.42. The minimum Gasteiger partial charge on any atom is -0.308 e. The molecule has 2 aliphatic heterocycles. The highest BCUT2D eigenvalue weighted by Gasteiger charge is 2.44. The van der Waals surface area contributed by atoms with Crippen molar-refractivity contribution in [2.45, 2.75) is 64.7 Å². The van der Waals surface area contributed by atoms with E-state index < -0.39 is 0 Å². The lowest BCUT2D eigenvalue weighted by Crippen LogP contribution is -2.46. The minimum atomic E-state index is -0.0921. The standard InChI is InChI=1S/C38H35N/c1-22-10-14-24(15-11-22)26-18-28-29-19-27(25-16-12-23(2)13-17-25)21-33-35(29)39-34(28)32(20-26)37(3,4)30-8-7-9-31(36(30)39)38(33,5)6/h7-20,27H,21H2,1-6H3. The lowest BCUT2D eigenvalue weighted by molar-refractivity contribution is 0.587. The van der Waals surface area contributed by atoms with E-state index in [-0.39, 0.29) is 10.8 Å². The predicted octanol–water partition coefficient (Wildman–Crippen LogP) is 7.96. The molecule has 4 aromatic carbocycles. The van der Waals surface area contributed by atoms with Gasteiger partial charge in [0.15, 0.2) is 0 Å². The highest BCUT2D eigenvalue weighted by Crippen LogP contribution is 2.52. The van der Waals surface area contributed by atoms with Crippen LogP contribution in [-0.4, -0.2) is 4.57 Å². The Morgan fingerprint density at radius 1 is 0.692 bits per heavy atom. The fourth-order valence-electron chi connectivity index (χ4n) is 7.78. The van der Waals surface area contributed by atoms with Crippen LogP contribution in [0.15, 0.2) is 78.9 Å². The molecule has 1 heteroatoms. The lowest BCUT2D eigenvalue weighted by Gasteiger charge is -2.43. The van der Waals surface area contributed by atoms with Gasteiger partial charge < -0.3 is 4.57 Å². The third kappa shape index (κ3) is 2.91. The first-order valence-electron chi connectivity index (χ1n) is 14.4. The number of rotatable bonds is 2. The second-order valence-corrected chi connectivity index (χ2v) is 13.2. The van der Waals surface area contributed by atoms with Crippen LogP contribution in [0.5, 0.6) is 0 Å². The second-order valence-electron chi connectivity index (χ2n) is 13.2. The van der Waals surface area contributed by atoms with Crippen molar-refractivity contribution in [3.05, 3.63) is 123 Å². The molecule has 8 rings (SSSR count). The largest absolute Gasteiger partial charge is 0.308 e. The van der Waals surface area contributed by atoms with Gasteiger partial charge in [-0.15, -0.1) is 0 Å². The van der Waals surface area contributed by atoms with Crippen LogP contribution in [0.3, 0.4) is 0 Å². The zero-order valence-corrected chi connectivity index (χ0v) is 23.8. The summed E-state index contributed by atoms with van der Waals surface area (Å²) in [6, 6.07) is 30.3. The van der Waals surface area contributed by atoms with E-state index >= 15 is 0 Å². The van der Waals surface area contributed by atoms with Crippen LogP contribution in [-0.2, 0) is 10.8 Å². The van der Waals surface area contributed by atoms with E-state index in [4.69, 9.17) is 0 Å². The molecule has 1 unspecified atom stereocenters. The summed E-state index contributed by atoms with van der Waals surface area (Å²) in [6.07, 6.45) is 3.65. The molecule has 0 N–H and O–H groups in total. The Morgan fingerprint density at radius 3 is 2.03 bits per heavy atom. The number of nitrogens with zero attached hydrogens (tertiary/aromatic N) is 1. The van der Waals surface area contributed by atoms with Crippen molar-refractivity contribution in [1.82, 2.24) is 4.57 Å². The number of benzene rings is 4. The van der Waals surface area contributed by atoms with E-state index in [9.17, 15) is 0 Å². The summed E-state index contributed by atoms with van der Waals surface area (Å²) in [5.74, 6) is 0.372. The Hall–Kier alpha value is -3.84. The summed E-state index contributed by atoms with van der Waals surface area (Å²) in [5.41, 5.74) is 15.3. The number of hydrogen-bond donors (Lipinski definition) is 0. The van der Waals surface area contributed by atoms with Gasteiger partial charge in [0.25, 0.3) is 0 Å². The first-order chi connectivity index (χ1) is 18.7. The maximum absolute atomic E-state index is 2.66. The number of aromatic nitrogens is 1. The van der Waals surface area contributed by atoms with Crippen molar-refractivity contribution < 1.29 is 0 Å². The summed E-state index contributed by atoms with van der Waals surface area (Å²) in [7, 11) is 0. The molecule has 0 saturated heterocycles. The SMILES string of the molecule is Cc1ccc(-c2cc3c4c(c2)c2c5n4-c4c(cccc4C3(C)C)C(C)(C)C=5CC(c3ccc(C)cc3)C=2)cc1. The molecule has 0 spiro atoms. The molecule has 1 nitrogen and oxygen atoms in total. The molecule has 3 heterocycles. The Kier molecular flexibility index (Phi) is 4.39. The molecular formula is C38H35N. The zero-order chi connectivity index (χ0) is 26.8. The summed E-state index contributed by atoms with van der Waals surface area (Å²) < 4.78 is 2.66. The molecule has 0 saturated carbocycles. The van der Waals surface area contributed by atoms with Crippen LogP contribution >= 0.6 is 0 Å². The Bertz CT molecular complexity index is 1980. The quantitative estimate of drug-likeness (QED) is 0.229. The maximum Gasteiger partial charge on any atom is 0.0582 e. The summed E-state index contributed by atoms with van der Waals surface area (Å²) >= 11 is 0. The Balaban J connectivity index is 1.56. The van der Waals surface area contributed by atoms with Crippen LogP contribution in [0.2, 0.25) is 0 Å². The normalized spacial score (nSPS) is 19.2. The molecule has 0 fully saturated rings. The smallest absolute Gasteiger partial charge is 0.0582 e. The summed E-state index contributed by atoms with van der Waals surface area (Å²) in [4.78, 5) is 0. The summed E-state index contributed by atoms with van der Waals surface area (Å²) in [6.45, 7) is 14.1. The van der Waals surface area contributed by atoms with Crippen LogP contribution in [0.4, 0.5) is 0 Å². The molecular weight excluding hydrogens is 470 g/mol. The molecule has 1 aromatic heterocycles. The van der Waals surface area contributed by atoms with Gasteiger partial charge in [-0.25, -0.2) is 0 Å². The molecule has 0 amide bonds. The van der Waals surface area contributed by atoms with Crippen LogP contribution < -0.4 is 10.6 Å². The van der Waals surface area contributed by atoms with Gasteiger partial charge >= 0.3 is 0 Å². The van der Waals surface area contributed by atoms with Crippen LogP contribution in [0, 0.1) is 13.8 Å². The molecule has 1 aliphatic carbocycles. The fourth-order valence-corrected chi connectivity index (χ4v) is 7.78. The van der Waals surface area contributed by atoms with Gasteiger partial charge in [-0.2, -0.15) is 0 Å². The predicted molar refractivity (Wildman–Crippen MR) is 164 cm³/mol. The van der Waals surface area contributed by atoms with Gasteiger partial charge in [-0.1, -0.05) is 112 Å². The third-order valence-corrected chi connectivity index (χ3v) is 10.1. The molecule has 0 radical (unpaired) electrons. The highest BCUT2D eigenvalue weighted by molar-refractivity contribution is 5.97. The van der Waals surface area contributed by atoms with Gasteiger partial charge in [0.2, 0.25) is 0 Å². The van der Waals surface area contributed by atoms with E-state index in [1.165, 1.54) is 71.7 Å². The van der Waals surface area contributed by atoms with Gasteiger partial charge in [0.05, 0.1) is 16.6 Å². The molecule has 192 valence electrons. The van der Waals surface area contributed by atoms with Crippen molar-refractivity contribution >= 4 is 22.6 Å². The lowest BCUT2D eigenvalue weighted by atomic mass is 9.66. The average Bonchev–Trinajstić information content (AvgIpc) is 3.25. The molecule has 1 atom stereocenters. The number of hydrogen-bond acceptors (Lipinski definition) is 0. The van der Waals surface area contributed by atoms with Crippen molar-refractivity contribution in [2.75, 3.05) is 0 Å². The topological polar surface area (TPSA) is 4.93 Å². The first kappa shape index (κ1) is 23.1. The van der Waals surface area contributed by atoms with Gasteiger partial charge in [0, 0.05) is 27.4 Å². The van der Waals surface area contributed by atoms with E-state index in [2.05, 4.69) is 131 Å². The van der Waals surface area contributed by atoms with Crippen molar-refractivity contribution in [1.29, 1.82) is 0 Å². The van der Waals surface area contributed by atoms with Crippen molar-refractivity contribution in [3.63, 3.8) is 0 Å². The van der Waals surface area contributed by atoms with Crippen LogP contribution in [0.1, 0.15) is 73.4 Å². The zero-order valence-electron chi connectivity index (χ0n) is 23.8. The monoisotopic (exact) mass is 505 g/mol. The average molecular weight is 506 g/mol. The molecule has 39 heavy (non-hydrogen) atoms. The Morgan fingerprint density at radius 2 is 1.33 bits per heavy atom. The highest BCUT2D eigenvalue weighted by atomic mass is 15.0. The number of para-hydroxylation sites is 1. The van der Waals surface area contributed by atoms with E-state index in [1.807, 2.05) is 0 Å². The van der Waals surface area contributed by atoms with Gasteiger partial charge in [-0.3, -0.25) is 0 Å². The minimum absolute atomic E-state index is 0.0327. The van der Waals surface area contributed by atoms with E-state index in [1.54, 1.807) is 5.57 Å². The molecule has 0 bridgehead atoms. The van der Waals surface area contributed by atoms with E-state index in [0.717, 1.165) is 6.42 Å². The fraction of sp³-hybridized carbons (Fsp3) is 0.263. The molecule has 3 aliphatic rings.